The van der Waals surface area contributed by atoms with E-state index in [0.717, 1.165) is 19.2 Å². The molecule has 17 heavy (non-hydrogen) atoms. The molecule has 94 valence electrons. The van der Waals surface area contributed by atoms with Gasteiger partial charge in [0.25, 0.3) is 6.01 Å². The average molecular weight is 250 g/mol. The largest absolute Gasteiger partial charge is 0.497 e. The third-order valence-corrected chi connectivity index (χ3v) is 2.04. The standard InChI is InChI=1S/C11H10F4O2/c1-16-8-5-3-7(4-6-8)9(10(12)17-2)11(13,14)15/h3-6H,1-2H3/b10-9+. The predicted octanol–water partition coefficient (Wildman–Crippen LogP) is 3.54. The fourth-order valence-electron chi connectivity index (χ4n) is 1.25. The molecule has 0 unspecified atom stereocenters. The zero-order chi connectivity index (χ0) is 13.1. The summed E-state index contributed by atoms with van der Waals surface area (Å²) in [6, 6.07) is 3.18. The van der Waals surface area contributed by atoms with Crippen molar-refractivity contribution in [3.05, 3.63) is 35.8 Å². The maximum absolute atomic E-state index is 13.1. The predicted molar refractivity (Wildman–Crippen MR) is 54.1 cm³/mol. The number of hydrogen-bond acceptors (Lipinski definition) is 2. The van der Waals surface area contributed by atoms with Crippen molar-refractivity contribution in [3.8, 4) is 5.75 Å². The van der Waals surface area contributed by atoms with E-state index in [1.165, 1.54) is 19.2 Å². The minimum atomic E-state index is -4.82. The molecule has 1 aromatic carbocycles. The van der Waals surface area contributed by atoms with E-state index in [0.29, 0.717) is 5.75 Å². The zero-order valence-corrected chi connectivity index (χ0v) is 9.14. The van der Waals surface area contributed by atoms with Gasteiger partial charge in [-0.3, -0.25) is 0 Å². The molecular formula is C11H10F4O2. The van der Waals surface area contributed by atoms with Gasteiger partial charge in [-0.25, -0.2) is 0 Å². The van der Waals surface area contributed by atoms with Crippen LogP contribution < -0.4 is 4.74 Å². The van der Waals surface area contributed by atoms with E-state index in [-0.39, 0.29) is 5.56 Å². The van der Waals surface area contributed by atoms with Crippen molar-refractivity contribution in [2.75, 3.05) is 14.2 Å². The van der Waals surface area contributed by atoms with Gasteiger partial charge in [-0.2, -0.15) is 17.6 Å². The van der Waals surface area contributed by atoms with Crippen LogP contribution in [0.2, 0.25) is 0 Å². The molecule has 0 atom stereocenters. The molecule has 0 aliphatic rings. The molecule has 0 fully saturated rings. The van der Waals surface area contributed by atoms with Crippen LogP contribution in [0.4, 0.5) is 17.6 Å². The summed E-state index contributed by atoms with van der Waals surface area (Å²) in [5.41, 5.74) is -1.76. The molecule has 1 aromatic rings. The van der Waals surface area contributed by atoms with Crippen LogP contribution in [0.3, 0.4) is 0 Å². The highest BCUT2D eigenvalue weighted by molar-refractivity contribution is 5.70. The van der Waals surface area contributed by atoms with Crippen molar-refractivity contribution in [1.29, 1.82) is 0 Å². The van der Waals surface area contributed by atoms with E-state index in [1.54, 1.807) is 0 Å². The first-order valence-electron chi connectivity index (χ1n) is 4.55. The number of benzene rings is 1. The maximum Gasteiger partial charge on any atom is 0.422 e. The summed E-state index contributed by atoms with van der Waals surface area (Å²) in [6.45, 7) is 0. The topological polar surface area (TPSA) is 18.5 Å². The molecular weight excluding hydrogens is 240 g/mol. The molecule has 0 N–H and O–H groups in total. The lowest BCUT2D eigenvalue weighted by Crippen LogP contribution is -2.13. The van der Waals surface area contributed by atoms with Gasteiger partial charge < -0.3 is 9.47 Å². The molecule has 0 saturated heterocycles. The highest BCUT2D eigenvalue weighted by Gasteiger charge is 2.39. The van der Waals surface area contributed by atoms with Crippen molar-refractivity contribution in [2.24, 2.45) is 0 Å². The Balaban J connectivity index is 3.24. The molecule has 1 rings (SSSR count). The van der Waals surface area contributed by atoms with E-state index < -0.39 is 17.8 Å². The SMILES string of the molecule is CO/C(F)=C(\c1ccc(OC)cc1)C(F)(F)F. The van der Waals surface area contributed by atoms with Crippen LogP contribution in [0.15, 0.2) is 30.3 Å². The number of alkyl halides is 3. The minimum Gasteiger partial charge on any atom is -0.497 e. The molecule has 0 aromatic heterocycles. The number of methoxy groups -OCH3 is 2. The van der Waals surface area contributed by atoms with Crippen molar-refractivity contribution < 1.29 is 27.0 Å². The lowest BCUT2D eigenvalue weighted by molar-refractivity contribution is -0.0726. The highest BCUT2D eigenvalue weighted by Crippen LogP contribution is 2.37. The smallest absolute Gasteiger partial charge is 0.422 e. The summed E-state index contributed by atoms with van der Waals surface area (Å²) in [5.74, 6) is 0.382. The first-order chi connectivity index (χ1) is 7.90. The fraction of sp³-hybridized carbons (Fsp3) is 0.273. The number of allylic oxidation sites excluding steroid dienone is 1. The van der Waals surface area contributed by atoms with Gasteiger partial charge >= 0.3 is 6.18 Å². The van der Waals surface area contributed by atoms with Crippen LogP contribution in [0, 0.1) is 0 Å². The minimum absolute atomic E-state index is 0.322. The van der Waals surface area contributed by atoms with E-state index in [2.05, 4.69) is 4.74 Å². The van der Waals surface area contributed by atoms with Gasteiger partial charge in [0.1, 0.15) is 11.3 Å². The van der Waals surface area contributed by atoms with Gasteiger partial charge in [0.05, 0.1) is 14.2 Å². The van der Waals surface area contributed by atoms with Crippen LogP contribution >= 0.6 is 0 Å². The van der Waals surface area contributed by atoms with Crippen LogP contribution in [0.1, 0.15) is 5.56 Å². The zero-order valence-electron chi connectivity index (χ0n) is 9.14. The summed E-state index contributed by atoms with van der Waals surface area (Å²) < 4.78 is 59.7. The Bertz CT molecular complexity index is 406. The van der Waals surface area contributed by atoms with Gasteiger partial charge in [-0.05, 0) is 17.7 Å². The molecule has 0 bridgehead atoms. The van der Waals surface area contributed by atoms with Crippen LogP contribution in [-0.4, -0.2) is 20.4 Å². The van der Waals surface area contributed by atoms with E-state index >= 15 is 0 Å². The van der Waals surface area contributed by atoms with E-state index in [1.807, 2.05) is 0 Å². The van der Waals surface area contributed by atoms with E-state index in [9.17, 15) is 17.6 Å². The summed E-state index contributed by atoms with van der Waals surface area (Å²) >= 11 is 0. The Morgan fingerprint density at radius 3 is 1.94 bits per heavy atom. The maximum atomic E-state index is 13.1. The summed E-state index contributed by atoms with van der Waals surface area (Å²) in [4.78, 5) is 0. The Morgan fingerprint density at radius 1 is 1.06 bits per heavy atom. The Hall–Kier alpha value is -1.72. The van der Waals surface area contributed by atoms with Gasteiger partial charge in [0, 0.05) is 0 Å². The first kappa shape index (κ1) is 13.3. The van der Waals surface area contributed by atoms with E-state index in [4.69, 9.17) is 4.74 Å². The molecule has 0 aliphatic heterocycles. The third kappa shape index (κ3) is 3.12. The van der Waals surface area contributed by atoms with Gasteiger partial charge in [-0.1, -0.05) is 12.1 Å². The third-order valence-electron chi connectivity index (χ3n) is 2.04. The average Bonchev–Trinajstić information content (AvgIpc) is 2.28. The van der Waals surface area contributed by atoms with Crippen molar-refractivity contribution >= 4 is 5.57 Å². The number of ether oxygens (including phenoxy) is 2. The molecule has 0 saturated carbocycles. The molecule has 0 aliphatic carbocycles. The summed E-state index contributed by atoms with van der Waals surface area (Å²) in [6.07, 6.45) is -4.82. The molecule has 0 amide bonds. The second-order valence-corrected chi connectivity index (χ2v) is 3.08. The monoisotopic (exact) mass is 250 g/mol. The van der Waals surface area contributed by atoms with Gasteiger partial charge in [-0.15, -0.1) is 0 Å². The lowest BCUT2D eigenvalue weighted by atomic mass is 10.1. The Labute approximate surface area is 95.5 Å². The normalized spacial score (nSPS) is 13.1. The van der Waals surface area contributed by atoms with Gasteiger partial charge in [0.15, 0.2) is 0 Å². The van der Waals surface area contributed by atoms with Crippen LogP contribution in [0.5, 0.6) is 5.75 Å². The van der Waals surface area contributed by atoms with Crippen molar-refractivity contribution in [3.63, 3.8) is 0 Å². The highest BCUT2D eigenvalue weighted by atomic mass is 19.4. The fourth-order valence-corrected chi connectivity index (χ4v) is 1.25. The van der Waals surface area contributed by atoms with Crippen LogP contribution in [-0.2, 0) is 4.74 Å². The Morgan fingerprint density at radius 2 is 1.59 bits per heavy atom. The second kappa shape index (κ2) is 5.07. The molecule has 0 heterocycles. The van der Waals surface area contributed by atoms with Crippen molar-refractivity contribution in [2.45, 2.75) is 6.18 Å². The number of halogens is 4. The second-order valence-electron chi connectivity index (χ2n) is 3.08. The molecule has 2 nitrogen and oxygen atoms in total. The van der Waals surface area contributed by atoms with Crippen molar-refractivity contribution in [1.82, 2.24) is 0 Å². The lowest BCUT2D eigenvalue weighted by Gasteiger charge is -2.13. The summed E-state index contributed by atoms with van der Waals surface area (Å²) in [5, 5.41) is 0. The summed E-state index contributed by atoms with van der Waals surface area (Å²) in [7, 11) is 2.22. The Kier molecular flexibility index (Phi) is 3.98. The molecule has 0 spiro atoms. The van der Waals surface area contributed by atoms with Gasteiger partial charge in [0.2, 0.25) is 0 Å². The van der Waals surface area contributed by atoms with Crippen LogP contribution in [0.25, 0.3) is 5.57 Å². The molecule has 0 radical (unpaired) electrons. The quantitative estimate of drug-likeness (QED) is 0.603. The number of hydrogen-bond donors (Lipinski definition) is 0. The molecule has 6 heteroatoms. The number of rotatable bonds is 3. The first-order valence-corrected chi connectivity index (χ1v) is 4.55.